The number of hydrogen-bond acceptors (Lipinski definition) is 3. The van der Waals surface area contributed by atoms with Gasteiger partial charge in [-0.15, -0.1) is 0 Å². The zero-order valence-corrected chi connectivity index (χ0v) is 14.8. The van der Waals surface area contributed by atoms with Crippen LogP contribution in [0.5, 0.6) is 0 Å². The summed E-state index contributed by atoms with van der Waals surface area (Å²) in [5, 5.41) is 2.92. The van der Waals surface area contributed by atoms with E-state index in [-0.39, 0.29) is 23.9 Å². The topological polar surface area (TPSA) is 78.7 Å². The summed E-state index contributed by atoms with van der Waals surface area (Å²) < 4.78 is 0. The van der Waals surface area contributed by atoms with Crippen LogP contribution in [0, 0.1) is 12.8 Å². The molecule has 1 saturated heterocycles. The monoisotopic (exact) mass is 332 g/mol. The zero-order valence-electron chi connectivity index (χ0n) is 14.8. The molecule has 1 heterocycles. The van der Waals surface area contributed by atoms with E-state index in [2.05, 4.69) is 5.32 Å². The van der Waals surface area contributed by atoms with Crippen molar-refractivity contribution in [2.75, 3.05) is 32.0 Å². The quantitative estimate of drug-likeness (QED) is 0.885. The number of nitrogens with zero attached hydrogens (tertiary/aromatic N) is 2. The van der Waals surface area contributed by atoms with Gasteiger partial charge in [0.1, 0.15) is 0 Å². The molecule has 2 atom stereocenters. The Kier molecular flexibility index (Phi) is 6.20. The number of likely N-dealkylation sites (N-methyl/N-ethyl adjacent to an activating group) is 1. The molecule has 0 aromatic heterocycles. The predicted molar refractivity (Wildman–Crippen MR) is 95.8 cm³/mol. The number of amides is 3. The maximum atomic E-state index is 12.6. The molecule has 132 valence electrons. The number of urea groups is 1. The second-order valence-corrected chi connectivity index (χ2v) is 6.62. The lowest BCUT2D eigenvalue weighted by Crippen LogP contribution is -2.49. The Bertz CT molecular complexity index is 590. The average molecular weight is 332 g/mol. The Labute approximate surface area is 144 Å². The summed E-state index contributed by atoms with van der Waals surface area (Å²) in [6, 6.07) is 7.56. The van der Waals surface area contributed by atoms with Gasteiger partial charge in [-0.1, -0.05) is 12.1 Å². The molecule has 3 amide bonds. The molecular weight excluding hydrogens is 304 g/mol. The molecule has 2 unspecified atom stereocenters. The molecule has 1 aliphatic rings. The van der Waals surface area contributed by atoms with E-state index in [1.807, 2.05) is 38.1 Å². The van der Waals surface area contributed by atoms with Crippen molar-refractivity contribution in [1.82, 2.24) is 9.80 Å². The van der Waals surface area contributed by atoms with Gasteiger partial charge in [0.25, 0.3) is 0 Å². The second-order valence-electron chi connectivity index (χ2n) is 6.62. The Morgan fingerprint density at radius 2 is 2.21 bits per heavy atom. The van der Waals surface area contributed by atoms with Crippen molar-refractivity contribution < 1.29 is 9.59 Å². The summed E-state index contributed by atoms with van der Waals surface area (Å²) in [4.78, 5) is 28.5. The first-order valence-electron chi connectivity index (χ1n) is 8.51. The van der Waals surface area contributed by atoms with Gasteiger partial charge < -0.3 is 20.9 Å². The summed E-state index contributed by atoms with van der Waals surface area (Å²) in [7, 11) is 1.78. The molecule has 2 rings (SSSR count). The van der Waals surface area contributed by atoms with E-state index in [0.717, 1.165) is 24.1 Å². The minimum Gasteiger partial charge on any atom is -0.341 e. The van der Waals surface area contributed by atoms with Crippen molar-refractivity contribution in [2.45, 2.75) is 32.7 Å². The number of aryl methyl sites for hydroxylation is 1. The fourth-order valence-corrected chi connectivity index (χ4v) is 2.95. The van der Waals surface area contributed by atoms with Crippen LogP contribution in [0.2, 0.25) is 0 Å². The number of nitrogens with one attached hydrogen (secondary N) is 1. The largest absolute Gasteiger partial charge is 0.341 e. The van der Waals surface area contributed by atoms with Crippen LogP contribution in [0.4, 0.5) is 10.5 Å². The molecule has 6 nitrogen and oxygen atoms in total. The van der Waals surface area contributed by atoms with E-state index in [0.29, 0.717) is 19.6 Å². The lowest BCUT2D eigenvalue weighted by molar-refractivity contribution is -0.137. The van der Waals surface area contributed by atoms with Crippen LogP contribution in [0.25, 0.3) is 0 Å². The molecule has 0 saturated carbocycles. The Morgan fingerprint density at radius 3 is 2.88 bits per heavy atom. The molecule has 1 aliphatic heterocycles. The van der Waals surface area contributed by atoms with Crippen LogP contribution in [-0.4, -0.2) is 54.5 Å². The average Bonchev–Trinajstić information content (AvgIpc) is 2.59. The lowest BCUT2D eigenvalue weighted by atomic mass is 9.96. The van der Waals surface area contributed by atoms with Crippen LogP contribution in [0.1, 0.15) is 25.3 Å². The maximum absolute atomic E-state index is 12.6. The SMILES string of the molecule is Cc1cccc(NC(=O)N2CCCC(C(=O)N(C)C(C)CN)C2)c1. The molecule has 6 heteroatoms. The van der Waals surface area contributed by atoms with E-state index in [4.69, 9.17) is 5.73 Å². The smallest absolute Gasteiger partial charge is 0.321 e. The number of likely N-dealkylation sites (tertiary alicyclic amines) is 1. The van der Waals surface area contributed by atoms with Crippen molar-refractivity contribution >= 4 is 17.6 Å². The molecule has 1 fully saturated rings. The summed E-state index contributed by atoms with van der Waals surface area (Å²) in [6.45, 7) is 5.49. The van der Waals surface area contributed by atoms with Gasteiger partial charge in [-0.05, 0) is 44.4 Å². The fourth-order valence-electron chi connectivity index (χ4n) is 2.95. The minimum absolute atomic E-state index is 0.00833. The van der Waals surface area contributed by atoms with Crippen LogP contribution in [-0.2, 0) is 4.79 Å². The first-order valence-corrected chi connectivity index (χ1v) is 8.51. The fraction of sp³-hybridized carbons (Fsp3) is 0.556. The molecule has 1 aromatic rings. The summed E-state index contributed by atoms with van der Waals surface area (Å²) in [5.74, 6) is -0.0815. The van der Waals surface area contributed by atoms with Crippen molar-refractivity contribution in [3.05, 3.63) is 29.8 Å². The summed E-state index contributed by atoms with van der Waals surface area (Å²) in [5.41, 5.74) is 7.52. The van der Waals surface area contributed by atoms with Gasteiger partial charge >= 0.3 is 6.03 Å². The summed E-state index contributed by atoms with van der Waals surface area (Å²) >= 11 is 0. The first kappa shape index (κ1) is 18.3. The number of anilines is 1. The molecule has 1 aromatic carbocycles. The van der Waals surface area contributed by atoms with Gasteiger partial charge in [0.2, 0.25) is 5.91 Å². The van der Waals surface area contributed by atoms with E-state index in [1.165, 1.54) is 0 Å². The van der Waals surface area contributed by atoms with E-state index in [1.54, 1.807) is 16.8 Å². The molecule has 0 bridgehead atoms. The highest BCUT2D eigenvalue weighted by atomic mass is 16.2. The third kappa shape index (κ3) is 4.47. The third-order valence-corrected chi connectivity index (χ3v) is 4.68. The van der Waals surface area contributed by atoms with E-state index in [9.17, 15) is 9.59 Å². The van der Waals surface area contributed by atoms with E-state index < -0.39 is 0 Å². The number of hydrogen-bond donors (Lipinski definition) is 2. The van der Waals surface area contributed by atoms with Crippen molar-refractivity contribution in [2.24, 2.45) is 11.7 Å². The van der Waals surface area contributed by atoms with Crippen molar-refractivity contribution in [1.29, 1.82) is 0 Å². The molecule has 0 aliphatic carbocycles. The van der Waals surface area contributed by atoms with Gasteiger partial charge in [0, 0.05) is 38.4 Å². The molecule has 3 N–H and O–H groups in total. The molecule has 0 radical (unpaired) electrons. The standard InChI is InChI=1S/C18H28N4O2/c1-13-6-4-8-16(10-13)20-18(24)22-9-5-7-15(12-22)17(23)21(3)14(2)11-19/h4,6,8,10,14-15H,5,7,9,11-12,19H2,1-3H3,(H,20,24). The van der Waals surface area contributed by atoms with Crippen LogP contribution in [0.3, 0.4) is 0 Å². The second kappa shape index (κ2) is 8.15. The number of benzene rings is 1. The normalized spacial score (nSPS) is 18.8. The van der Waals surface area contributed by atoms with Crippen molar-refractivity contribution in [3.63, 3.8) is 0 Å². The third-order valence-electron chi connectivity index (χ3n) is 4.68. The number of rotatable bonds is 4. The molecule has 24 heavy (non-hydrogen) atoms. The van der Waals surface area contributed by atoms with Gasteiger partial charge in [-0.3, -0.25) is 4.79 Å². The predicted octanol–water partition coefficient (Wildman–Crippen LogP) is 2.04. The maximum Gasteiger partial charge on any atom is 0.321 e. The van der Waals surface area contributed by atoms with Gasteiger partial charge in [0.15, 0.2) is 0 Å². The lowest BCUT2D eigenvalue weighted by Gasteiger charge is -2.35. The van der Waals surface area contributed by atoms with Gasteiger partial charge in [0.05, 0.1) is 5.92 Å². The van der Waals surface area contributed by atoms with Crippen LogP contribution < -0.4 is 11.1 Å². The number of piperidine rings is 1. The van der Waals surface area contributed by atoms with Crippen LogP contribution in [0.15, 0.2) is 24.3 Å². The number of carbonyl (C=O) groups excluding carboxylic acids is 2. The highest BCUT2D eigenvalue weighted by Gasteiger charge is 2.31. The highest BCUT2D eigenvalue weighted by molar-refractivity contribution is 5.90. The molecular formula is C18H28N4O2. The molecule has 0 spiro atoms. The number of carbonyl (C=O) groups is 2. The Balaban J connectivity index is 1.97. The highest BCUT2D eigenvalue weighted by Crippen LogP contribution is 2.20. The summed E-state index contributed by atoms with van der Waals surface area (Å²) in [6.07, 6.45) is 1.65. The van der Waals surface area contributed by atoms with Gasteiger partial charge in [-0.25, -0.2) is 4.79 Å². The number of nitrogens with two attached hydrogens (primary N) is 1. The Morgan fingerprint density at radius 1 is 1.46 bits per heavy atom. The van der Waals surface area contributed by atoms with Crippen LogP contribution >= 0.6 is 0 Å². The zero-order chi connectivity index (χ0) is 17.7. The van der Waals surface area contributed by atoms with E-state index >= 15 is 0 Å². The Hall–Kier alpha value is -2.08. The van der Waals surface area contributed by atoms with Crippen molar-refractivity contribution in [3.8, 4) is 0 Å². The first-order chi connectivity index (χ1) is 11.4. The minimum atomic E-state index is -0.152. The van der Waals surface area contributed by atoms with Gasteiger partial charge in [-0.2, -0.15) is 0 Å².